The lowest BCUT2D eigenvalue weighted by Gasteiger charge is -2.15. The maximum absolute atomic E-state index is 12.3. The van der Waals surface area contributed by atoms with Gasteiger partial charge in [0.15, 0.2) is 0 Å². The van der Waals surface area contributed by atoms with Gasteiger partial charge in [-0.3, -0.25) is 4.79 Å². The van der Waals surface area contributed by atoms with Crippen molar-refractivity contribution in [2.24, 2.45) is 0 Å². The van der Waals surface area contributed by atoms with E-state index >= 15 is 0 Å². The van der Waals surface area contributed by atoms with Crippen LogP contribution in [0.3, 0.4) is 0 Å². The molecule has 0 saturated carbocycles. The maximum Gasteiger partial charge on any atom is 0.228 e. The van der Waals surface area contributed by atoms with Crippen LogP contribution in [0, 0.1) is 13.8 Å². The molecule has 0 spiro atoms. The van der Waals surface area contributed by atoms with Crippen molar-refractivity contribution in [2.45, 2.75) is 26.8 Å². The Morgan fingerprint density at radius 3 is 2.83 bits per heavy atom. The van der Waals surface area contributed by atoms with E-state index in [2.05, 4.69) is 26.1 Å². The van der Waals surface area contributed by atoms with Gasteiger partial charge in [0.05, 0.1) is 18.3 Å². The van der Waals surface area contributed by atoms with Gasteiger partial charge in [-0.15, -0.1) is 0 Å². The van der Waals surface area contributed by atoms with Gasteiger partial charge >= 0.3 is 0 Å². The molecule has 24 heavy (non-hydrogen) atoms. The number of amides is 1. The van der Waals surface area contributed by atoms with E-state index in [9.17, 15) is 4.79 Å². The number of aryl methyl sites for hydroxylation is 2. The number of nitrogens with zero attached hydrogens (tertiary/aromatic N) is 5. The molecule has 2 heterocycles. The molecule has 0 aliphatic carbocycles. The second-order valence-corrected chi connectivity index (χ2v) is 5.86. The van der Waals surface area contributed by atoms with Gasteiger partial charge in [-0.2, -0.15) is 5.10 Å². The fraction of sp³-hybridized carbons (Fsp3) is 0.294. The van der Waals surface area contributed by atoms with E-state index in [0.717, 1.165) is 11.3 Å². The van der Waals surface area contributed by atoms with Crippen molar-refractivity contribution in [2.75, 3.05) is 7.05 Å². The first kappa shape index (κ1) is 15.9. The Morgan fingerprint density at radius 1 is 1.29 bits per heavy atom. The number of aromatic nitrogens is 4. The molecule has 0 radical (unpaired) electrons. The average molecular weight is 325 g/mol. The van der Waals surface area contributed by atoms with Crippen LogP contribution in [0.25, 0.3) is 5.69 Å². The molecule has 3 rings (SSSR count). The fourth-order valence-corrected chi connectivity index (χ4v) is 2.40. The number of hydrogen-bond donors (Lipinski definition) is 0. The normalized spacial score (nSPS) is 10.8. The minimum atomic E-state index is -0.0443. The molecule has 0 aliphatic heterocycles. The fourth-order valence-electron chi connectivity index (χ4n) is 2.40. The Bertz CT molecular complexity index is 852. The van der Waals surface area contributed by atoms with Crippen molar-refractivity contribution in [3.8, 4) is 5.69 Å². The Morgan fingerprint density at radius 2 is 2.12 bits per heavy atom. The molecule has 3 aromatic rings. The summed E-state index contributed by atoms with van der Waals surface area (Å²) >= 11 is 0. The van der Waals surface area contributed by atoms with Crippen molar-refractivity contribution < 1.29 is 9.42 Å². The number of likely N-dealkylation sites (N-methyl/N-ethyl adjacent to an activating group) is 1. The summed E-state index contributed by atoms with van der Waals surface area (Å²) in [4.78, 5) is 13.9. The molecule has 2 aromatic heterocycles. The number of carbonyl (C=O) groups is 1. The number of rotatable bonds is 5. The lowest BCUT2D eigenvalue weighted by molar-refractivity contribution is -0.129. The molecular formula is C17H19N5O2. The summed E-state index contributed by atoms with van der Waals surface area (Å²) in [7, 11) is 1.76. The van der Waals surface area contributed by atoms with Gasteiger partial charge in [0.25, 0.3) is 0 Å². The van der Waals surface area contributed by atoms with Crippen molar-refractivity contribution in [3.63, 3.8) is 0 Å². The summed E-state index contributed by atoms with van der Waals surface area (Å²) < 4.78 is 6.43. The SMILES string of the molecule is Cc1cccc(-n2cc(CN(C)C(=O)Cc3nonc3C)cn2)c1. The molecule has 0 fully saturated rings. The smallest absolute Gasteiger partial charge is 0.228 e. The zero-order chi connectivity index (χ0) is 17.1. The van der Waals surface area contributed by atoms with Crippen LogP contribution in [-0.4, -0.2) is 37.9 Å². The molecular weight excluding hydrogens is 306 g/mol. The van der Waals surface area contributed by atoms with E-state index in [0.29, 0.717) is 17.9 Å². The Hall–Kier alpha value is -2.96. The van der Waals surface area contributed by atoms with Gasteiger partial charge in [-0.25, -0.2) is 9.31 Å². The van der Waals surface area contributed by atoms with Gasteiger partial charge in [0.2, 0.25) is 5.91 Å². The van der Waals surface area contributed by atoms with Crippen LogP contribution in [0.1, 0.15) is 22.5 Å². The Kier molecular flexibility index (Phi) is 4.41. The van der Waals surface area contributed by atoms with Crippen molar-refractivity contribution >= 4 is 5.91 Å². The molecule has 1 aromatic carbocycles. The molecule has 0 bridgehead atoms. The second-order valence-electron chi connectivity index (χ2n) is 5.86. The highest BCUT2D eigenvalue weighted by molar-refractivity contribution is 5.78. The molecule has 0 unspecified atom stereocenters. The zero-order valence-electron chi connectivity index (χ0n) is 13.9. The predicted octanol–water partition coefficient (Wildman–Crippen LogP) is 2.07. The van der Waals surface area contributed by atoms with E-state index in [1.54, 1.807) is 25.1 Å². The summed E-state index contributed by atoms with van der Waals surface area (Å²) in [5.74, 6) is -0.0443. The largest absolute Gasteiger partial charge is 0.341 e. The molecule has 0 saturated heterocycles. The molecule has 1 amide bonds. The van der Waals surface area contributed by atoms with E-state index < -0.39 is 0 Å². The van der Waals surface area contributed by atoms with Gasteiger partial charge in [0.1, 0.15) is 11.4 Å². The van der Waals surface area contributed by atoms with Crippen molar-refractivity contribution in [1.82, 2.24) is 25.0 Å². The lowest BCUT2D eigenvalue weighted by Crippen LogP contribution is -2.27. The summed E-state index contributed by atoms with van der Waals surface area (Å²) in [5, 5.41) is 11.8. The second kappa shape index (κ2) is 6.66. The van der Waals surface area contributed by atoms with Gasteiger partial charge in [-0.05, 0) is 31.5 Å². The van der Waals surface area contributed by atoms with E-state index in [-0.39, 0.29) is 12.3 Å². The predicted molar refractivity (Wildman–Crippen MR) is 87.5 cm³/mol. The molecule has 0 aliphatic rings. The average Bonchev–Trinajstić information content (AvgIpc) is 3.17. The standard InChI is InChI=1S/C17H19N5O2/c1-12-5-4-6-15(7-12)22-11-14(9-18-22)10-21(3)17(23)8-16-13(2)19-24-20-16/h4-7,9,11H,8,10H2,1-3H3. The highest BCUT2D eigenvalue weighted by Crippen LogP contribution is 2.12. The molecule has 0 atom stereocenters. The van der Waals surface area contributed by atoms with Gasteiger partial charge in [0, 0.05) is 25.4 Å². The van der Waals surface area contributed by atoms with Gasteiger partial charge in [-0.1, -0.05) is 22.4 Å². The summed E-state index contributed by atoms with van der Waals surface area (Å²) in [6.45, 7) is 4.29. The van der Waals surface area contributed by atoms with Crippen LogP contribution in [0.4, 0.5) is 0 Å². The van der Waals surface area contributed by atoms with Crippen LogP contribution in [0.5, 0.6) is 0 Å². The quantitative estimate of drug-likeness (QED) is 0.718. The topological polar surface area (TPSA) is 77.0 Å². The third-order valence-corrected chi connectivity index (χ3v) is 3.81. The highest BCUT2D eigenvalue weighted by atomic mass is 16.6. The van der Waals surface area contributed by atoms with Crippen LogP contribution >= 0.6 is 0 Å². The molecule has 7 nitrogen and oxygen atoms in total. The number of hydrogen-bond acceptors (Lipinski definition) is 5. The first-order valence-electron chi connectivity index (χ1n) is 7.65. The van der Waals surface area contributed by atoms with Crippen molar-refractivity contribution in [1.29, 1.82) is 0 Å². The third kappa shape index (κ3) is 3.51. The third-order valence-electron chi connectivity index (χ3n) is 3.81. The monoisotopic (exact) mass is 325 g/mol. The Labute approximate surface area is 139 Å². The molecule has 0 N–H and O–H groups in total. The summed E-state index contributed by atoms with van der Waals surface area (Å²) in [6, 6.07) is 8.10. The number of carbonyl (C=O) groups excluding carboxylic acids is 1. The van der Waals surface area contributed by atoms with Crippen LogP contribution in [0.2, 0.25) is 0 Å². The first-order chi connectivity index (χ1) is 11.5. The van der Waals surface area contributed by atoms with Crippen molar-refractivity contribution in [3.05, 3.63) is 59.2 Å². The summed E-state index contributed by atoms with van der Waals surface area (Å²) in [6.07, 6.45) is 3.88. The molecule has 124 valence electrons. The number of benzene rings is 1. The van der Waals surface area contributed by atoms with E-state index in [1.807, 2.05) is 36.0 Å². The van der Waals surface area contributed by atoms with Crippen LogP contribution < -0.4 is 0 Å². The summed E-state index contributed by atoms with van der Waals surface area (Å²) in [5.41, 5.74) is 4.35. The van der Waals surface area contributed by atoms with Gasteiger partial charge < -0.3 is 4.90 Å². The van der Waals surface area contributed by atoms with Crippen LogP contribution in [0.15, 0.2) is 41.3 Å². The highest BCUT2D eigenvalue weighted by Gasteiger charge is 2.15. The van der Waals surface area contributed by atoms with E-state index in [4.69, 9.17) is 0 Å². The minimum absolute atomic E-state index is 0.0443. The maximum atomic E-state index is 12.3. The minimum Gasteiger partial charge on any atom is -0.341 e. The first-order valence-corrected chi connectivity index (χ1v) is 7.65. The van der Waals surface area contributed by atoms with Crippen LogP contribution in [-0.2, 0) is 17.8 Å². The Balaban J connectivity index is 1.66. The lowest BCUT2D eigenvalue weighted by atomic mass is 10.2. The van der Waals surface area contributed by atoms with E-state index in [1.165, 1.54) is 5.56 Å². The molecule has 7 heteroatoms. The zero-order valence-corrected chi connectivity index (χ0v) is 13.9.